The third-order valence-electron chi connectivity index (χ3n) is 3.54. The summed E-state index contributed by atoms with van der Waals surface area (Å²) in [4.78, 5) is 10.9. The molecule has 1 saturated carbocycles. The standard InChI is InChI=1S/C13H19NO3/c1-9-2-4-10(5-3-9)14-8-12-11(13(15)16)6-7-17-12/h6-7,9-10,14H,2-5,8H2,1H3,(H,15,16). The van der Waals surface area contributed by atoms with Gasteiger partial charge in [-0.2, -0.15) is 0 Å². The van der Waals surface area contributed by atoms with Crippen molar-refractivity contribution in [1.29, 1.82) is 0 Å². The van der Waals surface area contributed by atoms with Gasteiger partial charge in [-0.05, 0) is 37.7 Å². The molecule has 0 unspecified atom stereocenters. The summed E-state index contributed by atoms with van der Waals surface area (Å²) in [6.07, 6.45) is 6.28. The van der Waals surface area contributed by atoms with Crippen LogP contribution < -0.4 is 5.32 Å². The predicted octanol–water partition coefficient (Wildman–Crippen LogP) is 2.65. The van der Waals surface area contributed by atoms with Crippen LogP contribution in [-0.4, -0.2) is 17.1 Å². The van der Waals surface area contributed by atoms with Crippen LogP contribution in [0, 0.1) is 5.92 Å². The van der Waals surface area contributed by atoms with Crippen molar-refractivity contribution in [1.82, 2.24) is 5.32 Å². The SMILES string of the molecule is CC1CCC(NCc2occc2C(=O)O)CC1. The van der Waals surface area contributed by atoms with Crippen LogP contribution in [-0.2, 0) is 6.54 Å². The summed E-state index contributed by atoms with van der Waals surface area (Å²) in [6, 6.07) is 2.00. The summed E-state index contributed by atoms with van der Waals surface area (Å²) in [6.45, 7) is 2.79. The molecule has 0 bridgehead atoms. The van der Waals surface area contributed by atoms with Crippen molar-refractivity contribution < 1.29 is 14.3 Å². The summed E-state index contributed by atoms with van der Waals surface area (Å²) in [5, 5.41) is 12.3. The summed E-state index contributed by atoms with van der Waals surface area (Å²) in [7, 11) is 0. The molecule has 4 heteroatoms. The number of furan rings is 1. The Morgan fingerprint density at radius 2 is 2.18 bits per heavy atom. The van der Waals surface area contributed by atoms with Gasteiger partial charge in [0.25, 0.3) is 0 Å². The molecular weight excluding hydrogens is 218 g/mol. The van der Waals surface area contributed by atoms with Gasteiger partial charge in [0.2, 0.25) is 0 Å². The first kappa shape index (κ1) is 12.2. The second kappa shape index (κ2) is 5.36. The number of carbonyl (C=O) groups is 1. The van der Waals surface area contributed by atoms with E-state index in [2.05, 4.69) is 12.2 Å². The minimum atomic E-state index is -0.923. The second-order valence-corrected chi connectivity index (χ2v) is 4.90. The minimum absolute atomic E-state index is 0.265. The van der Waals surface area contributed by atoms with Crippen molar-refractivity contribution in [3.05, 3.63) is 23.7 Å². The Labute approximate surface area is 101 Å². The molecule has 1 fully saturated rings. The average Bonchev–Trinajstić information content (AvgIpc) is 2.76. The van der Waals surface area contributed by atoms with Gasteiger partial charge in [-0.15, -0.1) is 0 Å². The number of hydrogen-bond donors (Lipinski definition) is 2. The van der Waals surface area contributed by atoms with Gasteiger partial charge in [-0.3, -0.25) is 0 Å². The van der Waals surface area contributed by atoms with E-state index >= 15 is 0 Å². The summed E-state index contributed by atoms with van der Waals surface area (Å²) in [5.74, 6) is 0.426. The first-order valence-corrected chi connectivity index (χ1v) is 6.20. The molecule has 1 heterocycles. The highest BCUT2D eigenvalue weighted by Crippen LogP contribution is 2.23. The molecule has 0 amide bonds. The molecule has 2 N–H and O–H groups in total. The molecule has 0 saturated heterocycles. The molecule has 0 aromatic carbocycles. The molecular formula is C13H19NO3. The van der Waals surface area contributed by atoms with Crippen LogP contribution in [0.1, 0.15) is 48.7 Å². The first-order valence-electron chi connectivity index (χ1n) is 6.20. The topological polar surface area (TPSA) is 62.5 Å². The summed E-state index contributed by atoms with van der Waals surface area (Å²) < 4.78 is 5.19. The Kier molecular flexibility index (Phi) is 3.84. The zero-order chi connectivity index (χ0) is 12.3. The van der Waals surface area contributed by atoms with Crippen LogP contribution >= 0.6 is 0 Å². The number of rotatable bonds is 4. The van der Waals surface area contributed by atoms with Crippen LogP contribution in [0.5, 0.6) is 0 Å². The molecule has 0 spiro atoms. The van der Waals surface area contributed by atoms with E-state index < -0.39 is 5.97 Å². The van der Waals surface area contributed by atoms with Crippen LogP contribution in [0.25, 0.3) is 0 Å². The van der Waals surface area contributed by atoms with Crippen LogP contribution in [0.15, 0.2) is 16.7 Å². The van der Waals surface area contributed by atoms with Gasteiger partial charge in [0.15, 0.2) is 0 Å². The van der Waals surface area contributed by atoms with Gasteiger partial charge in [0.1, 0.15) is 11.3 Å². The number of aromatic carboxylic acids is 1. The number of carboxylic acids is 1. The Hall–Kier alpha value is -1.29. The molecule has 1 aliphatic rings. The maximum atomic E-state index is 10.9. The zero-order valence-corrected chi connectivity index (χ0v) is 10.1. The van der Waals surface area contributed by atoms with Crippen molar-refractivity contribution in [3.8, 4) is 0 Å². The number of carboxylic acid groups (broad SMARTS) is 1. The first-order chi connectivity index (χ1) is 8.16. The lowest BCUT2D eigenvalue weighted by atomic mass is 9.87. The van der Waals surface area contributed by atoms with Crippen LogP contribution in [0.3, 0.4) is 0 Å². The van der Waals surface area contributed by atoms with E-state index in [1.54, 1.807) is 0 Å². The Bertz CT molecular complexity index is 378. The fraction of sp³-hybridized carbons (Fsp3) is 0.615. The largest absolute Gasteiger partial charge is 0.478 e. The molecule has 1 aliphatic carbocycles. The van der Waals surface area contributed by atoms with E-state index in [9.17, 15) is 4.79 Å². The van der Waals surface area contributed by atoms with Crippen molar-refractivity contribution in [2.24, 2.45) is 5.92 Å². The van der Waals surface area contributed by atoms with Gasteiger partial charge in [0.05, 0.1) is 12.8 Å². The van der Waals surface area contributed by atoms with Crippen molar-refractivity contribution >= 4 is 5.97 Å². The van der Waals surface area contributed by atoms with E-state index in [1.807, 2.05) is 0 Å². The van der Waals surface area contributed by atoms with Gasteiger partial charge < -0.3 is 14.8 Å². The third kappa shape index (κ3) is 3.09. The third-order valence-corrected chi connectivity index (χ3v) is 3.54. The normalized spacial score (nSPS) is 24.8. The quantitative estimate of drug-likeness (QED) is 0.845. The monoisotopic (exact) mass is 237 g/mol. The average molecular weight is 237 g/mol. The Morgan fingerprint density at radius 1 is 1.47 bits per heavy atom. The lowest BCUT2D eigenvalue weighted by molar-refractivity contribution is 0.0694. The Balaban J connectivity index is 1.85. The molecule has 0 radical (unpaired) electrons. The lowest BCUT2D eigenvalue weighted by Gasteiger charge is -2.26. The van der Waals surface area contributed by atoms with Crippen molar-refractivity contribution in [3.63, 3.8) is 0 Å². The highest BCUT2D eigenvalue weighted by molar-refractivity contribution is 5.88. The summed E-state index contributed by atoms with van der Waals surface area (Å²) >= 11 is 0. The lowest BCUT2D eigenvalue weighted by Crippen LogP contribution is -2.32. The fourth-order valence-corrected chi connectivity index (χ4v) is 2.37. The van der Waals surface area contributed by atoms with Gasteiger partial charge in [-0.1, -0.05) is 6.92 Å². The molecule has 0 aliphatic heterocycles. The van der Waals surface area contributed by atoms with Gasteiger partial charge in [0, 0.05) is 6.04 Å². The molecule has 2 rings (SSSR count). The zero-order valence-electron chi connectivity index (χ0n) is 10.1. The van der Waals surface area contributed by atoms with E-state index in [0.717, 1.165) is 5.92 Å². The molecule has 1 aromatic heterocycles. The Morgan fingerprint density at radius 3 is 2.82 bits per heavy atom. The molecule has 17 heavy (non-hydrogen) atoms. The minimum Gasteiger partial charge on any atom is -0.478 e. The maximum Gasteiger partial charge on any atom is 0.339 e. The van der Waals surface area contributed by atoms with E-state index in [-0.39, 0.29) is 5.56 Å². The van der Waals surface area contributed by atoms with E-state index in [1.165, 1.54) is 38.0 Å². The van der Waals surface area contributed by atoms with Crippen LogP contribution in [0.2, 0.25) is 0 Å². The van der Waals surface area contributed by atoms with E-state index in [4.69, 9.17) is 9.52 Å². The van der Waals surface area contributed by atoms with Crippen molar-refractivity contribution in [2.45, 2.75) is 45.2 Å². The van der Waals surface area contributed by atoms with Crippen LogP contribution in [0.4, 0.5) is 0 Å². The molecule has 1 aromatic rings. The number of hydrogen-bond acceptors (Lipinski definition) is 3. The second-order valence-electron chi connectivity index (χ2n) is 4.90. The van der Waals surface area contributed by atoms with Gasteiger partial charge >= 0.3 is 5.97 Å². The highest BCUT2D eigenvalue weighted by atomic mass is 16.4. The van der Waals surface area contributed by atoms with Crippen molar-refractivity contribution in [2.75, 3.05) is 0 Å². The highest BCUT2D eigenvalue weighted by Gasteiger charge is 2.19. The van der Waals surface area contributed by atoms with E-state index in [0.29, 0.717) is 18.3 Å². The number of nitrogens with one attached hydrogen (secondary N) is 1. The maximum absolute atomic E-state index is 10.9. The predicted molar refractivity (Wildman–Crippen MR) is 63.9 cm³/mol. The summed E-state index contributed by atoms with van der Waals surface area (Å²) in [5.41, 5.74) is 0.265. The molecule has 0 atom stereocenters. The molecule has 94 valence electrons. The fourth-order valence-electron chi connectivity index (χ4n) is 2.37. The smallest absolute Gasteiger partial charge is 0.339 e. The van der Waals surface area contributed by atoms with Gasteiger partial charge in [-0.25, -0.2) is 4.79 Å². The molecule has 4 nitrogen and oxygen atoms in total.